The Morgan fingerprint density at radius 3 is 2.09 bits per heavy atom. The Kier molecular flexibility index (Phi) is 15.0. The van der Waals surface area contributed by atoms with Crippen molar-refractivity contribution in [2.45, 2.75) is 84.0 Å². The van der Waals surface area contributed by atoms with Gasteiger partial charge in [0.1, 0.15) is 5.75 Å². The van der Waals surface area contributed by atoms with Crippen LogP contribution in [0, 0.1) is 10.1 Å². The van der Waals surface area contributed by atoms with Gasteiger partial charge in [0.25, 0.3) is 5.69 Å². The van der Waals surface area contributed by atoms with Gasteiger partial charge in [0.15, 0.2) is 0 Å². The highest BCUT2D eigenvalue weighted by atomic mass is 16.7. The van der Waals surface area contributed by atoms with E-state index in [-0.39, 0.29) is 17.9 Å². The van der Waals surface area contributed by atoms with Crippen molar-refractivity contribution in [3.05, 3.63) is 58.7 Å². The number of esters is 1. The van der Waals surface area contributed by atoms with Gasteiger partial charge in [-0.3, -0.25) is 14.9 Å². The fraction of sp³-hybridized carbons (Fsp3) is 0.520. The molecule has 0 saturated carbocycles. The van der Waals surface area contributed by atoms with Crippen LogP contribution in [0.15, 0.2) is 48.6 Å². The van der Waals surface area contributed by atoms with E-state index in [1.54, 1.807) is 0 Å². The zero-order chi connectivity index (χ0) is 23.4. The summed E-state index contributed by atoms with van der Waals surface area (Å²) in [7, 11) is 0. The van der Waals surface area contributed by atoms with Gasteiger partial charge < -0.3 is 9.47 Å². The van der Waals surface area contributed by atoms with Gasteiger partial charge in [-0.15, -0.1) is 0 Å². The van der Waals surface area contributed by atoms with Crippen molar-refractivity contribution in [2.24, 2.45) is 0 Å². The van der Waals surface area contributed by atoms with Crippen molar-refractivity contribution in [1.29, 1.82) is 0 Å². The fourth-order valence-electron chi connectivity index (χ4n) is 2.98. The number of nitrogens with zero attached hydrogens (tertiary/aromatic N) is 1. The van der Waals surface area contributed by atoms with Crippen LogP contribution in [0.2, 0.25) is 0 Å². The lowest BCUT2D eigenvalue weighted by atomic mass is 10.1. The molecule has 0 N–H and O–H groups in total. The summed E-state index contributed by atoms with van der Waals surface area (Å²) in [5.41, 5.74) is -0.122. The van der Waals surface area contributed by atoms with Gasteiger partial charge in [-0.05, 0) is 50.7 Å². The second-order valence-corrected chi connectivity index (χ2v) is 7.56. The first-order valence-corrected chi connectivity index (χ1v) is 11.5. The first-order valence-electron chi connectivity index (χ1n) is 11.5. The molecule has 176 valence electrons. The predicted octanol–water partition coefficient (Wildman–Crippen LogP) is 7.45. The maximum atomic E-state index is 11.7. The van der Waals surface area contributed by atoms with Crippen molar-refractivity contribution in [2.75, 3.05) is 0 Å². The molecule has 7 nitrogen and oxygen atoms in total. The lowest BCUT2D eigenvalue weighted by molar-refractivity contribution is -0.384. The maximum Gasteiger partial charge on any atom is 0.521 e. The quantitative estimate of drug-likeness (QED) is 0.0498. The topological polar surface area (TPSA) is 95.7 Å². The molecule has 1 aromatic carbocycles. The number of carbonyl (C=O) groups excluding carboxylic acids is 2. The van der Waals surface area contributed by atoms with Gasteiger partial charge in [-0.1, -0.05) is 63.3 Å². The summed E-state index contributed by atoms with van der Waals surface area (Å²) in [4.78, 5) is 33.3. The van der Waals surface area contributed by atoms with Crippen LogP contribution < -0.4 is 4.74 Å². The number of benzene rings is 1. The van der Waals surface area contributed by atoms with Crippen molar-refractivity contribution in [3.8, 4) is 5.75 Å². The first kappa shape index (κ1) is 27.1. The minimum Gasteiger partial charge on any atom is -0.395 e. The van der Waals surface area contributed by atoms with E-state index in [4.69, 9.17) is 4.74 Å². The minimum absolute atomic E-state index is 0.0745. The number of allylic oxidation sites excluding steroid dienone is 4. The van der Waals surface area contributed by atoms with Crippen molar-refractivity contribution in [1.82, 2.24) is 0 Å². The minimum atomic E-state index is -1.13. The fourth-order valence-corrected chi connectivity index (χ4v) is 2.98. The third-order valence-corrected chi connectivity index (χ3v) is 4.78. The molecule has 1 rings (SSSR count). The summed E-state index contributed by atoms with van der Waals surface area (Å²) in [6.07, 6.45) is 19.9. The molecule has 0 bridgehead atoms. The molecule has 0 spiro atoms. The summed E-state index contributed by atoms with van der Waals surface area (Å²) >= 11 is 0. The number of unbranched alkanes of at least 4 members (excludes halogenated alkanes) is 8. The number of nitro groups is 1. The van der Waals surface area contributed by atoms with Crippen LogP contribution in [0.3, 0.4) is 0 Å². The van der Waals surface area contributed by atoms with Gasteiger partial charge in [0, 0.05) is 18.6 Å². The van der Waals surface area contributed by atoms with E-state index < -0.39 is 17.0 Å². The van der Waals surface area contributed by atoms with E-state index >= 15 is 0 Å². The zero-order valence-corrected chi connectivity index (χ0v) is 19.0. The van der Waals surface area contributed by atoms with Crippen LogP contribution >= 0.6 is 0 Å². The normalized spacial score (nSPS) is 11.2. The Balaban J connectivity index is 2.00. The lowest BCUT2D eigenvalue weighted by Crippen LogP contribution is -2.16. The molecule has 0 aliphatic rings. The highest BCUT2D eigenvalue weighted by Gasteiger charge is 2.13. The molecule has 0 radical (unpaired) electrons. The Labute approximate surface area is 190 Å². The largest absolute Gasteiger partial charge is 0.521 e. The molecule has 0 aliphatic carbocycles. The molecular weight excluding hydrogens is 410 g/mol. The Bertz CT molecular complexity index is 739. The smallest absolute Gasteiger partial charge is 0.395 e. The van der Waals surface area contributed by atoms with E-state index in [9.17, 15) is 19.7 Å². The summed E-state index contributed by atoms with van der Waals surface area (Å²) in [5, 5.41) is 10.6. The van der Waals surface area contributed by atoms with Crippen LogP contribution in [0.5, 0.6) is 5.75 Å². The summed E-state index contributed by atoms with van der Waals surface area (Å²) < 4.78 is 9.44. The number of hydrogen-bond donors (Lipinski definition) is 0. The number of carbonyl (C=O) groups is 2. The average Bonchev–Trinajstić information content (AvgIpc) is 2.76. The highest BCUT2D eigenvalue weighted by Crippen LogP contribution is 2.18. The van der Waals surface area contributed by atoms with E-state index in [2.05, 4.69) is 36.0 Å². The molecule has 0 atom stereocenters. The summed E-state index contributed by atoms with van der Waals surface area (Å²) in [5.74, 6) is -0.562. The third-order valence-electron chi connectivity index (χ3n) is 4.78. The second kappa shape index (κ2) is 17.7. The molecule has 0 fully saturated rings. The molecule has 7 heteroatoms. The number of rotatable bonds is 16. The van der Waals surface area contributed by atoms with Crippen molar-refractivity contribution in [3.63, 3.8) is 0 Å². The van der Waals surface area contributed by atoms with E-state index in [0.717, 1.165) is 38.5 Å². The van der Waals surface area contributed by atoms with Gasteiger partial charge in [0.05, 0.1) is 4.92 Å². The maximum absolute atomic E-state index is 11.7. The lowest BCUT2D eigenvalue weighted by Gasteiger charge is -2.04. The molecule has 32 heavy (non-hydrogen) atoms. The second-order valence-electron chi connectivity index (χ2n) is 7.56. The molecule has 0 saturated heterocycles. The summed E-state index contributed by atoms with van der Waals surface area (Å²) in [6, 6.07) is 4.94. The molecule has 0 aromatic heterocycles. The van der Waals surface area contributed by atoms with Gasteiger partial charge >= 0.3 is 12.1 Å². The summed E-state index contributed by atoms with van der Waals surface area (Å²) in [6.45, 7) is 2.22. The SMILES string of the molecule is CCCCC/C=C\C/C=C\CCCCCCCC(=O)OC(=O)Oc1ccc([N+](=O)[O-])cc1. The van der Waals surface area contributed by atoms with Gasteiger partial charge in [0.2, 0.25) is 0 Å². The molecular formula is C25H35NO6. The standard InChI is InChI=1S/C25H35NO6/c1-2-3-4-5-6-7-8-9-10-11-12-13-14-15-16-17-24(27)32-25(28)31-23-20-18-22(19-21-23)26(29)30/h6-7,9-10,18-21H,2-5,8,11-17H2,1H3/b7-6-,10-9-. The number of non-ortho nitro benzene ring substituents is 1. The Morgan fingerprint density at radius 2 is 1.47 bits per heavy atom. The van der Waals surface area contributed by atoms with Gasteiger partial charge in [-0.2, -0.15) is 0 Å². The Morgan fingerprint density at radius 1 is 0.875 bits per heavy atom. The monoisotopic (exact) mass is 445 g/mol. The number of ether oxygens (including phenoxy) is 2. The van der Waals surface area contributed by atoms with Crippen LogP contribution in [0.25, 0.3) is 0 Å². The van der Waals surface area contributed by atoms with E-state index in [1.807, 2.05) is 0 Å². The molecule has 0 aliphatic heterocycles. The van der Waals surface area contributed by atoms with Crippen LogP contribution in [-0.4, -0.2) is 17.0 Å². The first-order chi connectivity index (χ1) is 15.5. The highest BCUT2D eigenvalue weighted by molar-refractivity contribution is 5.82. The molecule has 0 heterocycles. The Hall–Kier alpha value is -2.96. The zero-order valence-electron chi connectivity index (χ0n) is 19.0. The van der Waals surface area contributed by atoms with Crippen molar-refractivity contribution >= 4 is 17.8 Å². The van der Waals surface area contributed by atoms with Crippen LogP contribution in [-0.2, 0) is 9.53 Å². The molecule has 0 amide bonds. The average molecular weight is 446 g/mol. The molecule has 1 aromatic rings. The van der Waals surface area contributed by atoms with Crippen LogP contribution in [0.1, 0.15) is 84.0 Å². The van der Waals surface area contributed by atoms with E-state index in [1.165, 1.54) is 49.9 Å². The predicted molar refractivity (Wildman–Crippen MR) is 125 cm³/mol. The third kappa shape index (κ3) is 14.1. The van der Waals surface area contributed by atoms with Crippen LogP contribution in [0.4, 0.5) is 10.5 Å². The number of hydrogen-bond acceptors (Lipinski definition) is 6. The molecule has 0 unspecified atom stereocenters. The van der Waals surface area contributed by atoms with Crippen molar-refractivity contribution < 1.29 is 24.0 Å². The number of nitro benzene ring substituents is 1. The van der Waals surface area contributed by atoms with E-state index in [0.29, 0.717) is 6.42 Å². The van der Waals surface area contributed by atoms with Gasteiger partial charge in [-0.25, -0.2) is 4.79 Å².